The molecule has 25 heavy (non-hydrogen) atoms. The predicted molar refractivity (Wildman–Crippen MR) is 96.9 cm³/mol. The summed E-state index contributed by atoms with van der Waals surface area (Å²) in [6.45, 7) is 1.17. The fraction of sp³-hybridized carbons (Fsp3) is 0.929. The summed E-state index contributed by atoms with van der Waals surface area (Å²) in [6.07, 6.45) is 3.45. The van der Waals surface area contributed by atoms with E-state index >= 15 is 0 Å². The summed E-state index contributed by atoms with van der Waals surface area (Å²) in [5.41, 5.74) is 0. The number of sulfone groups is 1. The van der Waals surface area contributed by atoms with Crippen LogP contribution in [0.15, 0.2) is 4.99 Å². The molecule has 2 aliphatic rings. The number of rotatable bonds is 7. The van der Waals surface area contributed by atoms with Gasteiger partial charge in [0.1, 0.15) is 0 Å². The van der Waals surface area contributed by atoms with Gasteiger partial charge in [-0.05, 0) is 25.7 Å². The first-order valence-corrected chi connectivity index (χ1v) is 12.0. The first kappa shape index (κ1) is 20.4. The van der Waals surface area contributed by atoms with Crippen LogP contribution in [0.3, 0.4) is 0 Å². The molecule has 0 radical (unpaired) electrons. The van der Waals surface area contributed by atoms with E-state index in [1.54, 1.807) is 7.05 Å². The van der Waals surface area contributed by atoms with E-state index in [1.807, 2.05) is 0 Å². The molecule has 2 heterocycles. The smallest absolute Gasteiger partial charge is 0.213 e. The summed E-state index contributed by atoms with van der Waals surface area (Å²) in [5, 5.41) is 5.93. The number of sulfonamides is 1. The van der Waals surface area contributed by atoms with Gasteiger partial charge in [0.05, 0.1) is 23.4 Å². The van der Waals surface area contributed by atoms with E-state index in [0.29, 0.717) is 25.5 Å². The van der Waals surface area contributed by atoms with Crippen LogP contribution in [-0.2, 0) is 24.6 Å². The van der Waals surface area contributed by atoms with E-state index in [4.69, 9.17) is 4.74 Å². The van der Waals surface area contributed by atoms with Gasteiger partial charge >= 0.3 is 0 Å². The predicted octanol–water partition coefficient (Wildman–Crippen LogP) is -1.17. The third-order valence-electron chi connectivity index (χ3n) is 4.27. The van der Waals surface area contributed by atoms with Gasteiger partial charge in [-0.25, -0.2) is 21.6 Å². The molecule has 2 unspecified atom stereocenters. The maximum absolute atomic E-state index is 12.0. The molecule has 2 saturated heterocycles. The highest BCUT2D eigenvalue weighted by Crippen LogP contribution is 2.12. The Kier molecular flexibility index (Phi) is 7.47. The highest BCUT2D eigenvalue weighted by molar-refractivity contribution is 7.91. The lowest BCUT2D eigenvalue weighted by Crippen LogP contribution is -2.46. The Balaban J connectivity index is 1.68. The van der Waals surface area contributed by atoms with Gasteiger partial charge in [0.2, 0.25) is 10.0 Å². The Morgan fingerprint density at radius 2 is 2.08 bits per heavy atom. The number of hydrogen-bond donors (Lipinski definition) is 3. The average Bonchev–Trinajstić information content (AvgIpc) is 2.91. The van der Waals surface area contributed by atoms with Crippen molar-refractivity contribution in [1.29, 1.82) is 0 Å². The van der Waals surface area contributed by atoms with Crippen molar-refractivity contribution in [3.63, 3.8) is 0 Å². The van der Waals surface area contributed by atoms with Gasteiger partial charge in [-0.2, -0.15) is 0 Å². The maximum Gasteiger partial charge on any atom is 0.213 e. The van der Waals surface area contributed by atoms with Gasteiger partial charge in [0.15, 0.2) is 15.8 Å². The molecular weight excluding hydrogens is 368 g/mol. The zero-order chi connectivity index (χ0) is 18.3. The molecule has 3 N–H and O–H groups in total. The minimum Gasteiger partial charge on any atom is -0.377 e. The summed E-state index contributed by atoms with van der Waals surface area (Å²) in [5.74, 6) is 0.564. The molecule has 2 aliphatic heterocycles. The van der Waals surface area contributed by atoms with Crippen LogP contribution < -0.4 is 15.4 Å². The quantitative estimate of drug-likeness (QED) is 0.365. The Morgan fingerprint density at radius 3 is 2.68 bits per heavy atom. The van der Waals surface area contributed by atoms with E-state index in [9.17, 15) is 16.8 Å². The van der Waals surface area contributed by atoms with Crippen LogP contribution in [0.2, 0.25) is 0 Å². The molecular formula is C14H28N4O5S2. The summed E-state index contributed by atoms with van der Waals surface area (Å²) in [7, 11) is -4.81. The second kappa shape index (κ2) is 9.15. The summed E-state index contributed by atoms with van der Waals surface area (Å²) in [4.78, 5) is 4.00. The van der Waals surface area contributed by atoms with Crippen molar-refractivity contribution in [3.05, 3.63) is 0 Å². The van der Waals surface area contributed by atoms with Gasteiger partial charge < -0.3 is 15.4 Å². The lowest BCUT2D eigenvalue weighted by Gasteiger charge is -2.22. The molecule has 0 aromatic heterocycles. The van der Waals surface area contributed by atoms with Gasteiger partial charge in [-0.15, -0.1) is 0 Å². The lowest BCUT2D eigenvalue weighted by molar-refractivity contribution is 0.0200. The molecule has 0 saturated carbocycles. The van der Waals surface area contributed by atoms with E-state index < -0.39 is 19.9 Å². The van der Waals surface area contributed by atoms with Crippen LogP contribution in [-0.4, -0.2) is 78.9 Å². The topological polar surface area (TPSA) is 126 Å². The van der Waals surface area contributed by atoms with Crippen molar-refractivity contribution in [2.24, 2.45) is 4.99 Å². The molecule has 0 spiro atoms. The maximum atomic E-state index is 12.0. The van der Waals surface area contributed by atoms with Crippen molar-refractivity contribution in [2.45, 2.75) is 37.8 Å². The van der Waals surface area contributed by atoms with Crippen molar-refractivity contribution in [2.75, 3.05) is 44.0 Å². The van der Waals surface area contributed by atoms with Crippen LogP contribution >= 0.6 is 0 Å². The summed E-state index contributed by atoms with van der Waals surface area (Å²) >= 11 is 0. The average molecular weight is 397 g/mol. The zero-order valence-electron chi connectivity index (χ0n) is 14.5. The second-order valence-electron chi connectivity index (χ2n) is 6.40. The molecule has 2 fully saturated rings. The molecule has 0 bridgehead atoms. The molecule has 0 aromatic rings. The monoisotopic (exact) mass is 396 g/mol. The van der Waals surface area contributed by atoms with Crippen molar-refractivity contribution >= 4 is 25.8 Å². The highest BCUT2D eigenvalue weighted by Gasteiger charge is 2.28. The van der Waals surface area contributed by atoms with Crippen molar-refractivity contribution in [1.82, 2.24) is 15.4 Å². The first-order chi connectivity index (χ1) is 11.8. The summed E-state index contributed by atoms with van der Waals surface area (Å²) in [6, 6.07) is -0.186. The van der Waals surface area contributed by atoms with Crippen LogP contribution in [0.4, 0.5) is 0 Å². The van der Waals surface area contributed by atoms with Gasteiger partial charge in [0, 0.05) is 32.8 Å². The minimum atomic E-state index is -3.40. The number of guanidine groups is 1. The van der Waals surface area contributed by atoms with Crippen LogP contribution in [0.5, 0.6) is 0 Å². The van der Waals surface area contributed by atoms with E-state index in [1.165, 1.54) is 0 Å². The zero-order valence-corrected chi connectivity index (χ0v) is 16.2. The molecule has 9 nitrogen and oxygen atoms in total. The Bertz CT molecular complexity index is 657. The SMILES string of the molecule is CN=C(NCCS(=O)(=O)NCC1CCCCO1)NC1CCS(=O)(=O)C1. The first-order valence-electron chi connectivity index (χ1n) is 8.56. The molecule has 2 atom stereocenters. The summed E-state index contributed by atoms with van der Waals surface area (Å²) < 4.78 is 55.0. The third kappa shape index (κ3) is 7.47. The van der Waals surface area contributed by atoms with E-state index in [-0.39, 0.29) is 35.9 Å². The molecule has 146 valence electrons. The number of nitrogens with one attached hydrogen (secondary N) is 3. The normalized spacial score (nSPS) is 27.2. The molecule has 0 aromatic carbocycles. The number of ether oxygens (including phenoxy) is 1. The highest BCUT2D eigenvalue weighted by atomic mass is 32.2. The number of aliphatic imine (C=N–C) groups is 1. The van der Waals surface area contributed by atoms with Gasteiger partial charge in [-0.3, -0.25) is 4.99 Å². The largest absolute Gasteiger partial charge is 0.377 e. The van der Waals surface area contributed by atoms with Gasteiger partial charge in [-0.1, -0.05) is 0 Å². The lowest BCUT2D eigenvalue weighted by atomic mass is 10.1. The molecule has 0 amide bonds. The van der Waals surface area contributed by atoms with E-state index in [2.05, 4.69) is 20.3 Å². The van der Waals surface area contributed by atoms with Crippen molar-refractivity contribution < 1.29 is 21.6 Å². The molecule has 11 heteroatoms. The number of nitrogens with zero attached hydrogens (tertiary/aromatic N) is 1. The van der Waals surface area contributed by atoms with Crippen LogP contribution in [0.25, 0.3) is 0 Å². The van der Waals surface area contributed by atoms with E-state index in [0.717, 1.165) is 19.3 Å². The van der Waals surface area contributed by atoms with Gasteiger partial charge in [0.25, 0.3) is 0 Å². The standard InChI is InChI=1S/C14H28N4O5S2/c1-15-14(18-12-5-8-24(19,20)11-12)16-6-9-25(21,22)17-10-13-4-2-3-7-23-13/h12-13,17H,2-11H2,1H3,(H2,15,16,18). The molecule has 2 rings (SSSR count). The Labute approximate surface area is 150 Å². The fourth-order valence-electron chi connectivity index (χ4n) is 2.86. The molecule has 0 aliphatic carbocycles. The third-order valence-corrected chi connectivity index (χ3v) is 7.38. The van der Waals surface area contributed by atoms with Crippen LogP contribution in [0, 0.1) is 0 Å². The minimum absolute atomic E-state index is 0.0461. The van der Waals surface area contributed by atoms with Crippen molar-refractivity contribution in [3.8, 4) is 0 Å². The Morgan fingerprint density at radius 1 is 1.28 bits per heavy atom. The number of hydrogen-bond acceptors (Lipinski definition) is 6. The van der Waals surface area contributed by atoms with Crippen LogP contribution in [0.1, 0.15) is 25.7 Å². The second-order valence-corrected chi connectivity index (χ2v) is 10.6. The Hall–Kier alpha value is -0.910. The fourth-order valence-corrected chi connectivity index (χ4v) is 5.49.